The van der Waals surface area contributed by atoms with Crippen LogP contribution in [0.3, 0.4) is 0 Å². The second-order valence-corrected chi connectivity index (χ2v) is 12.0. The maximum absolute atomic E-state index is 9.24. The van der Waals surface area contributed by atoms with Crippen LogP contribution in [-0.4, -0.2) is 32.3 Å². The van der Waals surface area contributed by atoms with Gasteiger partial charge in [-0.15, -0.1) is 0 Å². The van der Waals surface area contributed by atoms with Gasteiger partial charge in [-0.3, -0.25) is 0 Å². The fraction of sp³-hybridized carbons (Fsp3) is 0.455. The van der Waals surface area contributed by atoms with Crippen molar-refractivity contribution in [2.24, 2.45) is 0 Å². The first-order chi connectivity index (χ1) is 23.7. The van der Waals surface area contributed by atoms with Crippen LogP contribution in [0.4, 0.5) is 0 Å². The fourth-order valence-corrected chi connectivity index (χ4v) is 4.89. The molecule has 49 heavy (non-hydrogen) atoms. The molecule has 0 fully saturated rings. The number of benzene rings is 3. The third-order valence-electron chi connectivity index (χ3n) is 7.40. The predicted octanol–water partition coefficient (Wildman–Crippen LogP) is 13.1. The Bertz CT molecular complexity index is 1250. The number of aromatic hydroxyl groups is 2. The summed E-state index contributed by atoms with van der Waals surface area (Å²) >= 11 is 0. The number of phenolic OH excluding ortho intramolecular Hbond substituents is 2. The van der Waals surface area contributed by atoms with Crippen molar-refractivity contribution in [3.05, 3.63) is 101 Å². The van der Waals surface area contributed by atoms with E-state index in [0.29, 0.717) is 0 Å². The molecule has 3 aromatic rings. The molecule has 0 aliphatic rings. The zero-order chi connectivity index (χ0) is 36.7. The fourth-order valence-electron chi connectivity index (χ4n) is 4.89. The number of unbranched alkanes of at least 4 members (excludes halogenated alkanes) is 9. The highest BCUT2D eigenvalue weighted by molar-refractivity contribution is 6.05. The van der Waals surface area contributed by atoms with Gasteiger partial charge in [0.25, 0.3) is 0 Å². The lowest BCUT2D eigenvalue weighted by atomic mass is 10.1. The molecular weight excluding hydrogens is 603 g/mol. The minimum Gasteiger partial charge on any atom is -0.508 e. The molecule has 0 atom stereocenters. The Morgan fingerprint density at radius 3 is 1.12 bits per heavy atom. The van der Waals surface area contributed by atoms with Crippen molar-refractivity contribution in [2.75, 3.05) is 14.2 Å². The lowest BCUT2D eigenvalue weighted by molar-refractivity contribution is 0.414. The van der Waals surface area contributed by atoms with Gasteiger partial charge in [-0.1, -0.05) is 115 Å². The average molecular weight is 669 g/mol. The van der Waals surface area contributed by atoms with E-state index < -0.39 is 0 Å². The molecule has 0 heterocycles. The van der Waals surface area contributed by atoms with Crippen LogP contribution in [0.1, 0.15) is 126 Å². The van der Waals surface area contributed by atoms with Crippen LogP contribution < -0.4 is 9.47 Å². The molecule has 2 radical (unpaired) electrons. The van der Waals surface area contributed by atoms with E-state index in [4.69, 9.17) is 9.47 Å². The molecular formula is C44H65BO4. The van der Waals surface area contributed by atoms with Gasteiger partial charge in [-0.2, -0.15) is 0 Å². The summed E-state index contributed by atoms with van der Waals surface area (Å²) in [7, 11) is 7.92. The topological polar surface area (TPSA) is 58.9 Å². The van der Waals surface area contributed by atoms with Crippen LogP contribution in [0, 0.1) is 13.8 Å². The van der Waals surface area contributed by atoms with Crippen molar-refractivity contribution >= 4 is 26.1 Å². The molecule has 3 aromatic carbocycles. The molecule has 3 rings (SSSR count). The standard InChI is InChI=1S/2C15H22O.C13H18O2.CH3B/c2*1-4-5-6-7-8-9-14-10-13(2)11-15(12-14)16-3;1-2-3-4-5-6-7-11-8-12(14)10-13(15)9-11;1-2/h2*8-12H,4-7H2,1-3H3;6-10,14-15H,2-5H2,1H3;1H3/b9-8-;;7-6-;. The second kappa shape index (κ2) is 30.2. The average Bonchev–Trinajstić information content (AvgIpc) is 3.08. The Morgan fingerprint density at radius 1 is 0.490 bits per heavy atom. The maximum atomic E-state index is 9.24. The Hall–Kier alpha value is -3.86. The molecule has 268 valence electrons. The molecule has 0 aromatic heterocycles. The highest BCUT2D eigenvalue weighted by Gasteiger charge is 1.97. The maximum Gasteiger partial charge on any atom is 0.119 e. The van der Waals surface area contributed by atoms with Crippen LogP contribution in [0.5, 0.6) is 23.0 Å². The van der Waals surface area contributed by atoms with E-state index in [2.05, 4.69) is 109 Å². The minimum absolute atomic E-state index is 0.100. The summed E-state index contributed by atoms with van der Waals surface area (Å²) in [5.41, 5.74) is 5.78. The Labute approximate surface area is 301 Å². The van der Waals surface area contributed by atoms with Gasteiger partial charge in [0.15, 0.2) is 0 Å². The molecule has 2 N–H and O–H groups in total. The van der Waals surface area contributed by atoms with E-state index in [9.17, 15) is 10.2 Å². The summed E-state index contributed by atoms with van der Waals surface area (Å²) in [6.45, 7) is 12.3. The van der Waals surface area contributed by atoms with Crippen molar-refractivity contribution in [1.82, 2.24) is 0 Å². The molecule has 0 saturated carbocycles. The molecule has 0 bridgehead atoms. The molecule has 0 saturated heterocycles. The number of ether oxygens (including phenoxy) is 2. The van der Waals surface area contributed by atoms with Gasteiger partial charge in [0, 0.05) is 6.07 Å². The van der Waals surface area contributed by atoms with Crippen LogP contribution in [-0.2, 0) is 0 Å². The number of methoxy groups -OCH3 is 2. The van der Waals surface area contributed by atoms with Gasteiger partial charge in [-0.05, 0) is 117 Å². The van der Waals surface area contributed by atoms with Crippen molar-refractivity contribution in [3.8, 4) is 23.0 Å². The monoisotopic (exact) mass is 668 g/mol. The summed E-state index contributed by atoms with van der Waals surface area (Å²) < 4.78 is 10.5. The van der Waals surface area contributed by atoms with Crippen molar-refractivity contribution in [3.63, 3.8) is 0 Å². The minimum atomic E-state index is 0.100. The highest BCUT2D eigenvalue weighted by Crippen LogP contribution is 2.22. The van der Waals surface area contributed by atoms with Gasteiger partial charge in [0.1, 0.15) is 23.0 Å². The zero-order valence-corrected chi connectivity index (χ0v) is 31.9. The second-order valence-electron chi connectivity index (χ2n) is 12.0. The van der Waals surface area contributed by atoms with Crippen LogP contribution >= 0.6 is 0 Å². The van der Waals surface area contributed by atoms with Crippen LogP contribution in [0.2, 0.25) is 6.82 Å². The lowest BCUT2D eigenvalue weighted by Crippen LogP contribution is -1.85. The zero-order valence-electron chi connectivity index (χ0n) is 31.9. The third-order valence-corrected chi connectivity index (χ3v) is 7.40. The molecule has 4 nitrogen and oxygen atoms in total. The summed E-state index contributed by atoms with van der Waals surface area (Å²) in [5, 5.41) is 18.5. The van der Waals surface area contributed by atoms with E-state index in [-0.39, 0.29) is 11.5 Å². The first-order valence-electron chi connectivity index (χ1n) is 18.2. The number of aryl methyl sites for hydroxylation is 2. The summed E-state index contributed by atoms with van der Waals surface area (Å²) in [5.74, 6) is 2.08. The van der Waals surface area contributed by atoms with E-state index >= 15 is 0 Å². The number of phenols is 2. The van der Waals surface area contributed by atoms with E-state index in [1.54, 1.807) is 26.4 Å². The predicted molar refractivity (Wildman–Crippen MR) is 216 cm³/mol. The lowest BCUT2D eigenvalue weighted by Gasteiger charge is -2.03. The SMILES string of the molecule is CCCCC/C=C\c1cc(C)cc(OC)c1.CCCCC/C=C\c1cc(O)cc(O)c1.CCCCCC=Cc1cc(C)cc(OC)c1.[B]C. The van der Waals surface area contributed by atoms with Gasteiger partial charge in [-0.25, -0.2) is 0 Å². The molecule has 0 unspecified atom stereocenters. The van der Waals surface area contributed by atoms with Crippen molar-refractivity contribution < 1.29 is 19.7 Å². The highest BCUT2D eigenvalue weighted by atomic mass is 16.5. The Balaban J connectivity index is 0.000000687. The van der Waals surface area contributed by atoms with Gasteiger partial charge in [0.05, 0.1) is 22.1 Å². The number of rotatable bonds is 17. The summed E-state index contributed by atoms with van der Waals surface area (Å²) in [6, 6.07) is 17.2. The first-order valence-corrected chi connectivity index (χ1v) is 18.2. The number of allylic oxidation sites excluding steroid dienone is 3. The third kappa shape index (κ3) is 24.0. The van der Waals surface area contributed by atoms with Gasteiger partial charge in [0.2, 0.25) is 0 Å². The molecule has 0 spiro atoms. The number of hydrogen-bond donors (Lipinski definition) is 2. The van der Waals surface area contributed by atoms with Crippen LogP contribution in [0.25, 0.3) is 18.2 Å². The normalized spacial score (nSPS) is 10.6. The molecule has 0 amide bonds. The Morgan fingerprint density at radius 2 is 0.816 bits per heavy atom. The first kappa shape index (κ1) is 45.1. The van der Waals surface area contributed by atoms with E-state index in [1.807, 2.05) is 6.08 Å². The van der Waals surface area contributed by atoms with Crippen LogP contribution in [0.15, 0.2) is 72.8 Å². The smallest absolute Gasteiger partial charge is 0.119 e. The van der Waals surface area contributed by atoms with Gasteiger partial charge >= 0.3 is 0 Å². The molecule has 5 heteroatoms. The van der Waals surface area contributed by atoms with Crippen molar-refractivity contribution in [2.45, 2.75) is 118 Å². The van der Waals surface area contributed by atoms with E-state index in [0.717, 1.165) is 23.5 Å². The van der Waals surface area contributed by atoms with Gasteiger partial charge < -0.3 is 19.7 Å². The summed E-state index contributed by atoms with van der Waals surface area (Å²) in [6.07, 6.45) is 27.7. The largest absolute Gasteiger partial charge is 0.508 e. The quantitative estimate of drug-likeness (QED) is 0.111. The summed E-state index contributed by atoms with van der Waals surface area (Å²) in [4.78, 5) is 0. The van der Waals surface area contributed by atoms with Crippen molar-refractivity contribution in [1.29, 1.82) is 0 Å². The number of hydrogen-bond acceptors (Lipinski definition) is 4. The molecule has 0 aliphatic heterocycles. The Kier molecular flexibility index (Phi) is 27.8. The van der Waals surface area contributed by atoms with E-state index in [1.165, 1.54) is 106 Å². The molecule has 0 aliphatic carbocycles.